The Labute approximate surface area is 114 Å². The van der Waals surface area contributed by atoms with E-state index in [0.717, 1.165) is 0 Å². The lowest BCUT2D eigenvalue weighted by molar-refractivity contribution is -0.142. The Morgan fingerprint density at radius 2 is 1.35 bits per heavy atom. The first kappa shape index (κ1) is 21.3. The van der Waals surface area contributed by atoms with Crippen molar-refractivity contribution in [2.24, 2.45) is 0 Å². The van der Waals surface area contributed by atoms with Crippen LogP contribution in [0.25, 0.3) is 0 Å². The smallest absolute Gasteiger partial charge is 0.189 e. The molecule has 0 aliphatic rings. The van der Waals surface area contributed by atoms with E-state index in [9.17, 15) is 9.59 Å². The molecule has 0 fully saturated rings. The van der Waals surface area contributed by atoms with E-state index in [0.29, 0.717) is 0 Å². The van der Waals surface area contributed by atoms with Gasteiger partial charge in [0.1, 0.15) is 37.1 Å². The number of Topliss-reactive ketones (excluding diaryl/α,β-unsaturated/α-hetero) is 1. The van der Waals surface area contributed by atoms with Crippen molar-refractivity contribution in [3.05, 3.63) is 0 Å². The van der Waals surface area contributed by atoms with Gasteiger partial charge < -0.3 is 45.6 Å². The second kappa shape index (κ2) is 11.8. The summed E-state index contributed by atoms with van der Waals surface area (Å²) in [7, 11) is 0. The molecule has 120 valence electrons. The van der Waals surface area contributed by atoms with E-state index < -0.39 is 56.1 Å². The first-order valence-electron chi connectivity index (χ1n) is 5.47. The molecule has 0 bridgehead atoms. The number of hydrogen-bond acceptors (Lipinski definition) is 10. The molecule has 0 aliphatic carbocycles. The van der Waals surface area contributed by atoms with E-state index in [1.54, 1.807) is 0 Å². The highest BCUT2D eigenvalue weighted by Crippen LogP contribution is 2.00. The van der Waals surface area contributed by atoms with Crippen LogP contribution in [0.1, 0.15) is 0 Å². The van der Waals surface area contributed by atoms with Crippen LogP contribution in [0.4, 0.5) is 0 Å². The van der Waals surface area contributed by atoms with Gasteiger partial charge in [0.15, 0.2) is 12.1 Å². The van der Waals surface area contributed by atoms with E-state index >= 15 is 0 Å². The summed E-state index contributed by atoms with van der Waals surface area (Å²) in [6.07, 6.45) is -7.85. The van der Waals surface area contributed by atoms with Crippen molar-refractivity contribution in [1.29, 1.82) is 0 Å². The van der Waals surface area contributed by atoms with Gasteiger partial charge in [-0.1, -0.05) is 0 Å². The molecule has 0 amide bonds. The second-order valence-electron chi connectivity index (χ2n) is 3.69. The van der Waals surface area contributed by atoms with Crippen molar-refractivity contribution in [3.63, 3.8) is 0 Å². The maximum Gasteiger partial charge on any atom is 0.189 e. The molecule has 0 aliphatic heterocycles. The molecule has 5 unspecified atom stereocenters. The quantitative estimate of drug-likeness (QED) is 0.200. The van der Waals surface area contributed by atoms with Gasteiger partial charge in [0.25, 0.3) is 0 Å². The molecule has 0 aromatic carbocycles. The predicted molar refractivity (Wildman–Crippen MR) is 62.4 cm³/mol. The van der Waals surface area contributed by atoms with Crippen molar-refractivity contribution in [2.45, 2.75) is 30.5 Å². The summed E-state index contributed by atoms with van der Waals surface area (Å²) >= 11 is 0. The number of rotatable bonds is 8. The largest absolute Gasteiger partial charge is 0.394 e. The van der Waals surface area contributed by atoms with Gasteiger partial charge in [0.05, 0.1) is 13.2 Å². The summed E-state index contributed by atoms with van der Waals surface area (Å²) in [4.78, 5) is 20.1. The third-order valence-electron chi connectivity index (χ3n) is 2.11. The van der Waals surface area contributed by atoms with Crippen LogP contribution < -0.4 is 0 Å². The van der Waals surface area contributed by atoms with E-state index in [1.807, 2.05) is 0 Å². The van der Waals surface area contributed by atoms with Crippen molar-refractivity contribution in [1.82, 2.24) is 0 Å². The van der Waals surface area contributed by atoms with Crippen LogP contribution in [0, 0.1) is 0 Å². The molecule has 10 heteroatoms. The summed E-state index contributed by atoms with van der Waals surface area (Å²) in [5.41, 5.74) is 0. The lowest BCUT2D eigenvalue weighted by Crippen LogP contribution is -2.44. The maximum atomic E-state index is 10.5. The Morgan fingerprint density at radius 3 is 1.60 bits per heavy atom. The summed E-state index contributed by atoms with van der Waals surface area (Å²) in [5.74, 6) is -1.00. The van der Waals surface area contributed by atoms with Crippen molar-refractivity contribution in [3.8, 4) is 0 Å². The summed E-state index contributed by atoms with van der Waals surface area (Å²) in [6.45, 7) is -2.28. The van der Waals surface area contributed by atoms with E-state index in [2.05, 4.69) is 0 Å². The normalized spacial score (nSPS) is 18.0. The van der Waals surface area contributed by atoms with Crippen LogP contribution in [0.2, 0.25) is 0 Å². The van der Waals surface area contributed by atoms with Crippen LogP contribution in [0.5, 0.6) is 0 Å². The first-order valence-corrected chi connectivity index (χ1v) is 5.47. The average Bonchev–Trinajstić information content (AvgIpc) is 2.50. The fourth-order valence-electron chi connectivity index (χ4n) is 0.801. The molecule has 8 N–H and O–H groups in total. The van der Waals surface area contributed by atoms with Crippen LogP contribution in [-0.2, 0) is 9.59 Å². The molecular formula is C10H20O10. The minimum atomic E-state index is -1.86. The fraction of sp³-hybridized carbons (Fsp3) is 0.800. The molecular weight excluding hydrogens is 280 g/mol. The van der Waals surface area contributed by atoms with Crippen molar-refractivity contribution in [2.75, 3.05) is 19.8 Å². The standard InChI is InChI=1S/C6H12O6.C4H8O4/c7-1-3(9)5(11)6(12)4(10)2-8;5-1-3(7)4(8)2-6/h3,5-9,11-12H,1-2H2;1,3-4,6-8H,2H2. The Hall–Kier alpha value is -0.980. The van der Waals surface area contributed by atoms with E-state index in [1.165, 1.54) is 0 Å². The molecule has 0 heterocycles. The molecule has 0 spiro atoms. The Balaban J connectivity index is 0. The lowest BCUT2D eigenvalue weighted by atomic mass is 10.1. The minimum Gasteiger partial charge on any atom is -0.394 e. The maximum absolute atomic E-state index is 10.5. The van der Waals surface area contributed by atoms with Crippen molar-refractivity contribution >= 4 is 12.1 Å². The monoisotopic (exact) mass is 300 g/mol. The molecule has 10 nitrogen and oxygen atoms in total. The van der Waals surface area contributed by atoms with Gasteiger partial charge in [-0.15, -0.1) is 0 Å². The summed E-state index contributed by atoms with van der Waals surface area (Å²) < 4.78 is 0. The Bertz CT molecular complexity index is 271. The Morgan fingerprint density at radius 1 is 0.900 bits per heavy atom. The summed E-state index contributed by atoms with van der Waals surface area (Å²) in [6, 6.07) is 0. The number of hydrogen-bond donors (Lipinski definition) is 8. The van der Waals surface area contributed by atoms with E-state index in [-0.39, 0.29) is 6.29 Å². The molecule has 5 atom stereocenters. The average molecular weight is 300 g/mol. The molecule has 0 aromatic rings. The minimum absolute atomic E-state index is 0.168. The zero-order chi connectivity index (χ0) is 16.3. The van der Waals surface area contributed by atoms with Gasteiger partial charge in [0.2, 0.25) is 0 Å². The number of ketones is 1. The predicted octanol–water partition coefficient (Wildman–Crippen LogP) is -5.48. The third-order valence-corrected chi connectivity index (χ3v) is 2.11. The molecule has 0 radical (unpaired) electrons. The molecule has 0 rings (SSSR count). The number of carbonyl (C=O) groups is 2. The number of carbonyl (C=O) groups excluding carboxylic acids is 2. The van der Waals surface area contributed by atoms with E-state index in [4.69, 9.17) is 40.9 Å². The number of aliphatic hydroxyl groups excluding tert-OH is 8. The molecule has 0 aromatic heterocycles. The van der Waals surface area contributed by atoms with Crippen LogP contribution in [0.15, 0.2) is 0 Å². The second-order valence-corrected chi connectivity index (χ2v) is 3.69. The molecule has 0 saturated carbocycles. The first-order chi connectivity index (χ1) is 9.26. The number of aliphatic hydroxyl groups is 8. The van der Waals surface area contributed by atoms with Gasteiger partial charge in [-0.3, -0.25) is 4.79 Å². The molecule has 0 saturated heterocycles. The van der Waals surface area contributed by atoms with Gasteiger partial charge in [0, 0.05) is 0 Å². The highest BCUT2D eigenvalue weighted by molar-refractivity contribution is 5.84. The van der Waals surface area contributed by atoms with Gasteiger partial charge in [-0.2, -0.15) is 0 Å². The highest BCUT2D eigenvalue weighted by atomic mass is 16.4. The van der Waals surface area contributed by atoms with Crippen molar-refractivity contribution < 1.29 is 50.4 Å². The van der Waals surface area contributed by atoms with Gasteiger partial charge in [-0.05, 0) is 0 Å². The van der Waals surface area contributed by atoms with Gasteiger partial charge in [-0.25, -0.2) is 0 Å². The zero-order valence-electron chi connectivity index (χ0n) is 10.5. The highest BCUT2D eigenvalue weighted by Gasteiger charge is 2.28. The third kappa shape index (κ3) is 8.24. The topological polar surface area (TPSA) is 196 Å². The zero-order valence-corrected chi connectivity index (χ0v) is 10.5. The molecule has 20 heavy (non-hydrogen) atoms. The van der Waals surface area contributed by atoms with Crippen LogP contribution >= 0.6 is 0 Å². The lowest BCUT2D eigenvalue weighted by Gasteiger charge is -2.19. The Kier molecular flexibility index (Phi) is 12.6. The van der Waals surface area contributed by atoms with Gasteiger partial charge >= 0.3 is 0 Å². The summed E-state index contributed by atoms with van der Waals surface area (Å²) in [5, 5.41) is 67.9. The fourth-order valence-corrected chi connectivity index (χ4v) is 0.801. The van der Waals surface area contributed by atoms with Crippen LogP contribution in [0.3, 0.4) is 0 Å². The SMILES string of the molecule is O=C(CO)C(O)C(O)C(O)CO.O=CC(O)C(O)CO. The number of aldehydes is 1. The van der Waals surface area contributed by atoms with Crippen LogP contribution in [-0.4, -0.2) is 103 Å².